The number of amides is 2. The Balaban J connectivity index is 1.59. The van der Waals surface area contributed by atoms with E-state index in [2.05, 4.69) is 15.4 Å². The van der Waals surface area contributed by atoms with Crippen molar-refractivity contribution >= 4 is 11.8 Å². The summed E-state index contributed by atoms with van der Waals surface area (Å²) in [5.74, 6) is 0.566. The number of likely N-dealkylation sites (tertiary alicyclic amines) is 1. The summed E-state index contributed by atoms with van der Waals surface area (Å²) < 4.78 is 8.94. The third-order valence-corrected chi connectivity index (χ3v) is 4.32. The van der Waals surface area contributed by atoms with E-state index < -0.39 is 0 Å². The molecular weight excluding hydrogens is 308 g/mol. The van der Waals surface area contributed by atoms with Crippen molar-refractivity contribution in [3.8, 4) is 0 Å². The first-order valence-corrected chi connectivity index (χ1v) is 8.25. The molecule has 8 nitrogen and oxygen atoms in total. The molecule has 1 N–H and O–H groups in total. The van der Waals surface area contributed by atoms with E-state index in [1.54, 1.807) is 24.3 Å². The van der Waals surface area contributed by atoms with Crippen LogP contribution in [0.3, 0.4) is 0 Å². The molecule has 8 heteroatoms. The van der Waals surface area contributed by atoms with Crippen LogP contribution in [0.2, 0.25) is 0 Å². The molecule has 24 heavy (non-hydrogen) atoms. The molecule has 1 aliphatic rings. The molecule has 2 atom stereocenters. The third kappa shape index (κ3) is 3.76. The first kappa shape index (κ1) is 16.5. The van der Waals surface area contributed by atoms with Gasteiger partial charge in [0.1, 0.15) is 0 Å². The molecule has 0 unspecified atom stereocenters. The van der Waals surface area contributed by atoms with E-state index >= 15 is 0 Å². The Kier molecular flexibility index (Phi) is 5.14. The number of rotatable bonds is 6. The van der Waals surface area contributed by atoms with Gasteiger partial charge in [0.05, 0.1) is 25.0 Å². The van der Waals surface area contributed by atoms with Crippen LogP contribution in [0.5, 0.6) is 0 Å². The number of hydrogen-bond donors (Lipinski definition) is 1. The molecule has 0 aliphatic carbocycles. The maximum absolute atomic E-state index is 12.6. The summed E-state index contributed by atoms with van der Waals surface area (Å²) in [7, 11) is 1.66. The number of nitrogens with one attached hydrogen (secondary N) is 1. The lowest BCUT2D eigenvalue weighted by Crippen LogP contribution is -2.40. The van der Waals surface area contributed by atoms with Crippen molar-refractivity contribution in [1.82, 2.24) is 24.2 Å². The maximum Gasteiger partial charge on any atom is 0.323 e. The van der Waals surface area contributed by atoms with Crippen molar-refractivity contribution in [3.05, 3.63) is 31.0 Å². The number of carbonyl (C=O) groups is 1. The summed E-state index contributed by atoms with van der Waals surface area (Å²) >= 11 is 0. The largest absolute Gasteiger partial charge is 0.382 e. The normalized spacial score (nSPS) is 18.8. The average molecular weight is 332 g/mol. The number of aromatic nitrogens is 4. The zero-order valence-corrected chi connectivity index (χ0v) is 14.1. The van der Waals surface area contributed by atoms with Crippen molar-refractivity contribution in [3.63, 3.8) is 0 Å². The van der Waals surface area contributed by atoms with Crippen LogP contribution in [0, 0.1) is 0 Å². The molecule has 0 radical (unpaired) electrons. The number of carbonyl (C=O) groups excluding carboxylic acids is 1. The monoisotopic (exact) mass is 332 g/mol. The highest BCUT2D eigenvalue weighted by molar-refractivity contribution is 5.88. The number of hydrogen-bond acceptors (Lipinski definition) is 4. The third-order valence-electron chi connectivity index (χ3n) is 4.32. The fourth-order valence-electron chi connectivity index (χ4n) is 3.08. The molecule has 2 aromatic rings. The minimum Gasteiger partial charge on any atom is -0.382 e. The SMILES string of the molecule is COC[C@@H](C)n1ccc(NC(=O)N2CCC[C@@H]2Cn2ccnc2)n1. The second-order valence-electron chi connectivity index (χ2n) is 6.16. The highest BCUT2D eigenvalue weighted by Crippen LogP contribution is 2.20. The molecule has 2 aromatic heterocycles. The van der Waals surface area contributed by atoms with Crippen molar-refractivity contribution in [2.24, 2.45) is 0 Å². The van der Waals surface area contributed by atoms with Gasteiger partial charge in [-0.3, -0.25) is 10.00 Å². The molecule has 1 aliphatic heterocycles. The minimum absolute atomic E-state index is 0.0951. The van der Waals surface area contributed by atoms with Gasteiger partial charge in [-0.25, -0.2) is 9.78 Å². The van der Waals surface area contributed by atoms with Crippen LogP contribution in [0.15, 0.2) is 31.0 Å². The predicted molar refractivity (Wildman–Crippen MR) is 89.8 cm³/mol. The molecule has 0 saturated carbocycles. The highest BCUT2D eigenvalue weighted by atomic mass is 16.5. The van der Waals surface area contributed by atoms with Gasteiger partial charge in [-0.2, -0.15) is 5.10 Å². The minimum atomic E-state index is -0.0951. The Hall–Kier alpha value is -2.35. The molecule has 0 spiro atoms. The van der Waals surface area contributed by atoms with Crippen molar-refractivity contribution in [2.75, 3.05) is 25.6 Å². The van der Waals surface area contributed by atoms with Gasteiger partial charge in [0.15, 0.2) is 5.82 Å². The zero-order valence-electron chi connectivity index (χ0n) is 14.1. The number of nitrogens with zero attached hydrogens (tertiary/aromatic N) is 5. The van der Waals surface area contributed by atoms with Gasteiger partial charge >= 0.3 is 6.03 Å². The van der Waals surface area contributed by atoms with Crippen molar-refractivity contribution < 1.29 is 9.53 Å². The van der Waals surface area contributed by atoms with E-state index in [4.69, 9.17) is 4.74 Å². The van der Waals surface area contributed by atoms with E-state index in [0.717, 1.165) is 25.9 Å². The second-order valence-corrected chi connectivity index (χ2v) is 6.16. The molecule has 130 valence electrons. The van der Waals surface area contributed by atoms with Crippen LogP contribution in [0.1, 0.15) is 25.8 Å². The van der Waals surface area contributed by atoms with Gasteiger partial charge in [0.25, 0.3) is 0 Å². The van der Waals surface area contributed by atoms with Crippen molar-refractivity contribution in [1.29, 1.82) is 0 Å². The molecule has 0 aromatic carbocycles. The summed E-state index contributed by atoms with van der Waals surface area (Å²) in [5, 5.41) is 7.30. The van der Waals surface area contributed by atoms with Crippen LogP contribution in [-0.4, -0.2) is 56.6 Å². The number of anilines is 1. The van der Waals surface area contributed by atoms with Crippen molar-refractivity contribution in [2.45, 2.75) is 38.4 Å². The van der Waals surface area contributed by atoms with Crippen LogP contribution >= 0.6 is 0 Å². The van der Waals surface area contributed by atoms with Crippen LogP contribution in [0.4, 0.5) is 10.6 Å². The quantitative estimate of drug-likeness (QED) is 0.877. The van der Waals surface area contributed by atoms with E-state index in [1.165, 1.54) is 0 Å². The van der Waals surface area contributed by atoms with Crippen LogP contribution < -0.4 is 5.32 Å². The molecule has 3 rings (SSSR count). The summed E-state index contributed by atoms with van der Waals surface area (Å²) in [6.45, 7) is 4.14. The second kappa shape index (κ2) is 7.48. The zero-order chi connectivity index (χ0) is 16.9. The molecule has 2 amide bonds. The Morgan fingerprint density at radius 3 is 3.12 bits per heavy atom. The van der Waals surface area contributed by atoms with Gasteiger partial charge in [-0.15, -0.1) is 0 Å². The average Bonchev–Trinajstić information content (AvgIpc) is 3.29. The molecular formula is C16H24N6O2. The molecule has 1 fully saturated rings. The smallest absolute Gasteiger partial charge is 0.323 e. The Bertz CT molecular complexity index is 653. The summed E-state index contributed by atoms with van der Waals surface area (Å²) in [6.07, 6.45) is 9.34. The van der Waals surface area contributed by atoms with Gasteiger partial charge in [0.2, 0.25) is 0 Å². The number of urea groups is 1. The molecule has 1 saturated heterocycles. The lowest BCUT2D eigenvalue weighted by molar-refractivity contribution is 0.157. The highest BCUT2D eigenvalue weighted by Gasteiger charge is 2.29. The fourth-order valence-corrected chi connectivity index (χ4v) is 3.08. The van der Waals surface area contributed by atoms with Gasteiger partial charge < -0.3 is 14.2 Å². The van der Waals surface area contributed by atoms with Gasteiger partial charge in [0, 0.05) is 44.9 Å². The van der Waals surface area contributed by atoms with E-state index in [-0.39, 0.29) is 18.1 Å². The number of imidazole rings is 1. The van der Waals surface area contributed by atoms with E-state index in [1.807, 2.05) is 34.9 Å². The predicted octanol–water partition coefficient (Wildman–Crippen LogP) is 1.98. The number of ether oxygens (including phenoxy) is 1. The van der Waals surface area contributed by atoms with E-state index in [9.17, 15) is 4.79 Å². The topological polar surface area (TPSA) is 77.2 Å². The Morgan fingerprint density at radius 1 is 1.50 bits per heavy atom. The Morgan fingerprint density at radius 2 is 2.38 bits per heavy atom. The van der Waals surface area contributed by atoms with Crippen LogP contribution in [0.25, 0.3) is 0 Å². The van der Waals surface area contributed by atoms with Gasteiger partial charge in [-0.1, -0.05) is 0 Å². The summed E-state index contributed by atoms with van der Waals surface area (Å²) in [6, 6.07) is 2.03. The maximum atomic E-state index is 12.6. The van der Waals surface area contributed by atoms with Crippen LogP contribution in [-0.2, 0) is 11.3 Å². The standard InChI is InChI=1S/C16H24N6O2/c1-13(11-24-2)22-8-5-15(19-22)18-16(23)21-7-3-4-14(21)10-20-9-6-17-12-20/h5-6,8-9,12-14H,3-4,7,10-11H2,1-2H3,(H,18,19,23)/t13-,14-/m1/s1. The molecule has 0 bridgehead atoms. The first-order chi connectivity index (χ1) is 11.7. The van der Waals surface area contributed by atoms with E-state index in [0.29, 0.717) is 12.4 Å². The first-order valence-electron chi connectivity index (χ1n) is 8.25. The fraction of sp³-hybridized carbons (Fsp3) is 0.562. The number of methoxy groups -OCH3 is 1. The lowest BCUT2D eigenvalue weighted by atomic mass is 10.2. The lowest BCUT2D eigenvalue weighted by Gasteiger charge is -2.24. The molecule has 3 heterocycles. The summed E-state index contributed by atoms with van der Waals surface area (Å²) in [4.78, 5) is 18.5. The Labute approximate surface area is 141 Å². The van der Waals surface area contributed by atoms with Gasteiger partial charge in [-0.05, 0) is 19.8 Å². The summed E-state index contributed by atoms with van der Waals surface area (Å²) in [5.41, 5.74) is 0.